The van der Waals surface area contributed by atoms with E-state index in [0.29, 0.717) is 5.03 Å². The molecule has 3 rings (SSSR count). The van der Waals surface area contributed by atoms with Gasteiger partial charge in [-0.05, 0) is 55.3 Å². The number of nitrogens with zero attached hydrogens (tertiary/aromatic N) is 2. The van der Waals surface area contributed by atoms with Crippen LogP contribution in [0.2, 0.25) is 0 Å². The molecule has 0 aliphatic rings. The normalized spacial score (nSPS) is 10.4. The van der Waals surface area contributed by atoms with E-state index in [1.165, 1.54) is 30.0 Å². The van der Waals surface area contributed by atoms with Crippen molar-refractivity contribution in [2.45, 2.75) is 18.9 Å². The number of amides is 2. The van der Waals surface area contributed by atoms with Crippen LogP contribution in [-0.2, 0) is 4.79 Å². The Balaban J connectivity index is 1.54. The van der Waals surface area contributed by atoms with Gasteiger partial charge in [0.1, 0.15) is 10.8 Å². The topological polar surface area (TPSA) is 84.0 Å². The van der Waals surface area contributed by atoms with Crippen LogP contribution in [-0.4, -0.2) is 27.8 Å². The molecule has 0 aliphatic heterocycles. The number of carbonyl (C=O) groups excluding carboxylic acids is 2. The number of aryl methyl sites for hydroxylation is 2. The molecule has 0 saturated carbocycles. The standard InChI is InChI=1S/C21H19FN4O2S/c1-13-7-8-14(2)17(11-13)23-19(27)12-29-20-10-9-18(25-26-20)24-21(28)15-5-3-4-6-16(15)22/h3-11H,12H2,1-2H3,(H,23,27)(H,24,25,28). The SMILES string of the molecule is Cc1ccc(C)c(NC(=O)CSc2ccc(NC(=O)c3ccccc3F)nn2)c1. The monoisotopic (exact) mass is 410 g/mol. The van der Waals surface area contributed by atoms with Crippen LogP contribution in [0.15, 0.2) is 59.6 Å². The van der Waals surface area contributed by atoms with Gasteiger partial charge >= 0.3 is 0 Å². The maximum atomic E-state index is 13.6. The highest BCUT2D eigenvalue weighted by Crippen LogP contribution is 2.19. The third-order valence-electron chi connectivity index (χ3n) is 4.02. The number of nitrogens with one attached hydrogen (secondary N) is 2. The first-order valence-corrected chi connectivity index (χ1v) is 9.80. The fraction of sp³-hybridized carbons (Fsp3) is 0.143. The van der Waals surface area contributed by atoms with Crippen LogP contribution >= 0.6 is 11.8 Å². The number of hydrogen-bond acceptors (Lipinski definition) is 5. The van der Waals surface area contributed by atoms with E-state index in [1.54, 1.807) is 18.2 Å². The molecule has 6 nitrogen and oxygen atoms in total. The molecule has 0 atom stereocenters. The van der Waals surface area contributed by atoms with Crippen molar-refractivity contribution < 1.29 is 14.0 Å². The molecule has 0 fully saturated rings. The van der Waals surface area contributed by atoms with E-state index in [2.05, 4.69) is 20.8 Å². The first kappa shape index (κ1) is 20.5. The molecule has 2 amide bonds. The largest absolute Gasteiger partial charge is 0.325 e. The van der Waals surface area contributed by atoms with Gasteiger partial charge in [-0.2, -0.15) is 0 Å². The van der Waals surface area contributed by atoms with Gasteiger partial charge in [-0.15, -0.1) is 10.2 Å². The highest BCUT2D eigenvalue weighted by molar-refractivity contribution is 7.99. The van der Waals surface area contributed by atoms with Crippen LogP contribution in [0.5, 0.6) is 0 Å². The van der Waals surface area contributed by atoms with Crippen molar-refractivity contribution in [3.63, 3.8) is 0 Å². The first-order valence-electron chi connectivity index (χ1n) is 8.82. The Hall–Kier alpha value is -3.26. The molecule has 2 aromatic carbocycles. The second-order valence-corrected chi connectivity index (χ2v) is 7.34. The zero-order valence-corrected chi connectivity index (χ0v) is 16.7. The van der Waals surface area contributed by atoms with Crippen molar-refractivity contribution in [2.75, 3.05) is 16.4 Å². The van der Waals surface area contributed by atoms with E-state index in [9.17, 15) is 14.0 Å². The molecule has 3 aromatic rings. The lowest BCUT2D eigenvalue weighted by atomic mass is 10.1. The van der Waals surface area contributed by atoms with E-state index in [1.807, 2.05) is 32.0 Å². The van der Waals surface area contributed by atoms with Crippen LogP contribution in [0, 0.1) is 19.7 Å². The zero-order valence-electron chi connectivity index (χ0n) is 15.9. The lowest BCUT2D eigenvalue weighted by Gasteiger charge is -2.09. The summed E-state index contributed by atoms with van der Waals surface area (Å²) in [5, 5.41) is 13.8. The minimum atomic E-state index is -0.611. The molecule has 0 bridgehead atoms. The average Bonchev–Trinajstić information content (AvgIpc) is 2.70. The molecule has 1 heterocycles. The van der Waals surface area contributed by atoms with Gasteiger partial charge in [0.15, 0.2) is 5.82 Å². The van der Waals surface area contributed by atoms with Crippen LogP contribution in [0.25, 0.3) is 0 Å². The molecule has 0 saturated heterocycles. The molecule has 2 N–H and O–H groups in total. The van der Waals surface area contributed by atoms with E-state index in [4.69, 9.17) is 0 Å². The van der Waals surface area contributed by atoms with Gasteiger partial charge in [-0.1, -0.05) is 36.0 Å². The molecule has 29 heavy (non-hydrogen) atoms. The lowest BCUT2D eigenvalue weighted by molar-refractivity contribution is -0.113. The lowest BCUT2D eigenvalue weighted by Crippen LogP contribution is -2.16. The minimum absolute atomic E-state index is 0.0733. The van der Waals surface area contributed by atoms with Gasteiger partial charge < -0.3 is 10.6 Å². The van der Waals surface area contributed by atoms with Gasteiger partial charge in [0.2, 0.25) is 5.91 Å². The molecular formula is C21H19FN4O2S. The summed E-state index contributed by atoms with van der Waals surface area (Å²) in [5.41, 5.74) is 2.77. The van der Waals surface area contributed by atoms with Gasteiger partial charge in [0, 0.05) is 5.69 Å². The number of rotatable bonds is 6. The molecule has 0 radical (unpaired) electrons. The summed E-state index contributed by atoms with van der Waals surface area (Å²) in [6, 6.07) is 14.7. The summed E-state index contributed by atoms with van der Waals surface area (Å²) in [5.74, 6) is -1.00. The van der Waals surface area contributed by atoms with Crippen molar-refractivity contribution in [1.82, 2.24) is 10.2 Å². The van der Waals surface area contributed by atoms with Crippen LogP contribution in [0.1, 0.15) is 21.5 Å². The summed E-state index contributed by atoms with van der Waals surface area (Å²) in [4.78, 5) is 24.3. The van der Waals surface area contributed by atoms with E-state index < -0.39 is 11.7 Å². The van der Waals surface area contributed by atoms with E-state index in [0.717, 1.165) is 16.8 Å². The number of aromatic nitrogens is 2. The van der Waals surface area contributed by atoms with Crippen molar-refractivity contribution >= 4 is 35.1 Å². The summed E-state index contributed by atoms with van der Waals surface area (Å²) < 4.78 is 13.6. The van der Waals surface area contributed by atoms with Crippen molar-refractivity contribution in [3.8, 4) is 0 Å². The summed E-state index contributed by atoms with van der Waals surface area (Å²) in [6.45, 7) is 3.90. The maximum absolute atomic E-state index is 13.6. The Morgan fingerprint density at radius 2 is 1.79 bits per heavy atom. The quantitative estimate of drug-likeness (QED) is 0.595. The second kappa shape index (κ2) is 9.29. The Bertz CT molecular complexity index is 1040. The summed E-state index contributed by atoms with van der Waals surface area (Å²) in [6.07, 6.45) is 0. The highest BCUT2D eigenvalue weighted by Gasteiger charge is 2.12. The Kier molecular flexibility index (Phi) is 6.56. The third kappa shape index (κ3) is 5.61. The number of carbonyl (C=O) groups is 2. The van der Waals surface area contributed by atoms with Crippen LogP contribution in [0.3, 0.4) is 0 Å². The second-order valence-electron chi connectivity index (χ2n) is 6.35. The van der Waals surface area contributed by atoms with Gasteiger partial charge in [0.05, 0.1) is 11.3 Å². The van der Waals surface area contributed by atoms with Crippen molar-refractivity contribution in [3.05, 3.63) is 77.1 Å². The number of halogens is 1. The van der Waals surface area contributed by atoms with E-state index in [-0.39, 0.29) is 23.0 Å². The number of thioether (sulfide) groups is 1. The van der Waals surface area contributed by atoms with Gasteiger partial charge in [-0.25, -0.2) is 4.39 Å². The van der Waals surface area contributed by atoms with Gasteiger partial charge in [-0.3, -0.25) is 9.59 Å². The number of benzene rings is 2. The summed E-state index contributed by atoms with van der Waals surface area (Å²) >= 11 is 1.23. The molecule has 0 spiro atoms. The molecule has 148 valence electrons. The maximum Gasteiger partial charge on any atom is 0.259 e. The molecule has 0 aliphatic carbocycles. The fourth-order valence-electron chi connectivity index (χ4n) is 2.49. The van der Waals surface area contributed by atoms with Crippen LogP contribution in [0.4, 0.5) is 15.9 Å². The van der Waals surface area contributed by atoms with Crippen LogP contribution < -0.4 is 10.6 Å². The third-order valence-corrected chi connectivity index (χ3v) is 4.94. The number of hydrogen-bond donors (Lipinski definition) is 2. The van der Waals surface area contributed by atoms with Crippen molar-refractivity contribution in [1.29, 1.82) is 0 Å². The van der Waals surface area contributed by atoms with E-state index >= 15 is 0 Å². The zero-order chi connectivity index (χ0) is 20.8. The Morgan fingerprint density at radius 1 is 1.00 bits per heavy atom. The average molecular weight is 410 g/mol. The smallest absolute Gasteiger partial charge is 0.259 e. The first-order chi connectivity index (χ1) is 13.9. The fourth-order valence-corrected chi connectivity index (χ4v) is 3.10. The summed E-state index contributed by atoms with van der Waals surface area (Å²) in [7, 11) is 0. The predicted octanol–water partition coefficient (Wildman–Crippen LogP) is 4.22. The Labute approximate surface area is 171 Å². The van der Waals surface area contributed by atoms with Crippen molar-refractivity contribution in [2.24, 2.45) is 0 Å². The molecule has 1 aromatic heterocycles. The number of anilines is 2. The highest BCUT2D eigenvalue weighted by atomic mass is 32.2. The molecule has 8 heteroatoms. The predicted molar refractivity (Wildman–Crippen MR) is 112 cm³/mol. The molecular weight excluding hydrogens is 391 g/mol. The Morgan fingerprint density at radius 3 is 2.52 bits per heavy atom. The molecule has 0 unspecified atom stereocenters. The minimum Gasteiger partial charge on any atom is -0.325 e. The van der Waals surface area contributed by atoms with Gasteiger partial charge in [0.25, 0.3) is 5.91 Å².